The first kappa shape index (κ1) is 13.0. The van der Waals surface area contributed by atoms with E-state index < -0.39 is 6.04 Å². The molecule has 0 aliphatic carbocycles. The smallest absolute Gasteiger partial charge is 0.224 e. The predicted octanol–water partition coefficient (Wildman–Crippen LogP) is 1.47. The van der Waals surface area contributed by atoms with Gasteiger partial charge >= 0.3 is 0 Å². The van der Waals surface area contributed by atoms with Crippen LogP contribution in [0.5, 0.6) is 0 Å². The molecule has 1 saturated heterocycles. The maximum absolute atomic E-state index is 11.8. The molecule has 1 aliphatic heterocycles. The zero-order valence-electron chi connectivity index (χ0n) is 10.0. The van der Waals surface area contributed by atoms with Crippen molar-refractivity contribution in [1.29, 1.82) is 5.26 Å². The Morgan fingerprint density at radius 1 is 1.56 bits per heavy atom. The van der Waals surface area contributed by atoms with Crippen LogP contribution in [-0.4, -0.2) is 25.2 Å². The fourth-order valence-electron chi connectivity index (χ4n) is 2.00. The van der Waals surface area contributed by atoms with E-state index in [1.54, 1.807) is 0 Å². The molecule has 1 N–H and O–H groups in total. The highest BCUT2D eigenvalue weighted by atomic mass is 16.5. The first-order valence-corrected chi connectivity index (χ1v) is 6.00. The lowest BCUT2D eigenvalue weighted by Crippen LogP contribution is -2.42. The topological polar surface area (TPSA) is 62.1 Å². The third kappa shape index (κ3) is 3.21. The molecule has 1 aliphatic rings. The normalized spacial score (nSPS) is 21.8. The third-order valence-electron chi connectivity index (χ3n) is 3.23. The van der Waals surface area contributed by atoms with Crippen molar-refractivity contribution in [1.82, 2.24) is 5.32 Å². The highest BCUT2D eigenvalue weighted by Crippen LogP contribution is 2.17. The first-order valence-electron chi connectivity index (χ1n) is 6.00. The summed E-state index contributed by atoms with van der Waals surface area (Å²) in [5.41, 5.74) is 0. The summed E-state index contributed by atoms with van der Waals surface area (Å²) >= 11 is 0. The van der Waals surface area contributed by atoms with E-state index in [-0.39, 0.29) is 17.7 Å². The minimum absolute atomic E-state index is 0.00319. The molecule has 0 aromatic rings. The van der Waals surface area contributed by atoms with Crippen molar-refractivity contribution in [3.63, 3.8) is 0 Å². The Balaban J connectivity index is 2.49. The second kappa shape index (κ2) is 6.49. The number of ether oxygens (including phenoxy) is 1. The van der Waals surface area contributed by atoms with Gasteiger partial charge in [-0.25, -0.2) is 0 Å². The minimum atomic E-state index is -0.393. The zero-order valence-corrected chi connectivity index (χ0v) is 10.0. The average molecular weight is 224 g/mol. The van der Waals surface area contributed by atoms with Crippen molar-refractivity contribution in [3.05, 3.63) is 0 Å². The summed E-state index contributed by atoms with van der Waals surface area (Å²) in [7, 11) is 0. The van der Waals surface area contributed by atoms with E-state index >= 15 is 0 Å². The van der Waals surface area contributed by atoms with E-state index in [4.69, 9.17) is 10.00 Å². The van der Waals surface area contributed by atoms with E-state index in [0.717, 1.165) is 19.3 Å². The van der Waals surface area contributed by atoms with Gasteiger partial charge in [-0.1, -0.05) is 13.8 Å². The number of nitrogens with one attached hydrogen (secondary N) is 1. The first-order chi connectivity index (χ1) is 7.72. The zero-order chi connectivity index (χ0) is 12.0. The van der Waals surface area contributed by atoms with Gasteiger partial charge in [-0.2, -0.15) is 5.26 Å². The standard InChI is InChI=1S/C12H20N2O2/c1-3-9(4-2)12(15)14-11(7-13)10-5-6-16-8-10/h9-11H,3-6,8H2,1-2H3,(H,14,15). The maximum Gasteiger partial charge on any atom is 0.224 e. The summed E-state index contributed by atoms with van der Waals surface area (Å²) in [6.07, 6.45) is 2.50. The summed E-state index contributed by atoms with van der Waals surface area (Å²) in [5, 5.41) is 11.9. The molecule has 0 spiro atoms. The minimum Gasteiger partial charge on any atom is -0.381 e. The number of nitrogens with zero attached hydrogens (tertiary/aromatic N) is 1. The Morgan fingerprint density at radius 2 is 2.25 bits per heavy atom. The van der Waals surface area contributed by atoms with E-state index in [0.29, 0.717) is 13.2 Å². The Morgan fingerprint density at radius 3 is 2.69 bits per heavy atom. The summed E-state index contributed by atoms with van der Waals surface area (Å²) in [6.45, 7) is 5.27. The van der Waals surface area contributed by atoms with Gasteiger partial charge in [-0.15, -0.1) is 0 Å². The number of hydrogen-bond donors (Lipinski definition) is 1. The van der Waals surface area contributed by atoms with E-state index in [9.17, 15) is 4.79 Å². The van der Waals surface area contributed by atoms with Crippen LogP contribution in [0.4, 0.5) is 0 Å². The monoisotopic (exact) mass is 224 g/mol. The van der Waals surface area contributed by atoms with Crippen molar-refractivity contribution < 1.29 is 9.53 Å². The maximum atomic E-state index is 11.8. The molecule has 0 aromatic carbocycles. The molecular weight excluding hydrogens is 204 g/mol. The molecule has 0 aromatic heterocycles. The van der Waals surface area contributed by atoms with Gasteiger partial charge in [0.25, 0.3) is 0 Å². The second-order valence-corrected chi connectivity index (χ2v) is 4.25. The van der Waals surface area contributed by atoms with Gasteiger partial charge < -0.3 is 10.1 Å². The molecule has 1 heterocycles. The second-order valence-electron chi connectivity index (χ2n) is 4.25. The summed E-state index contributed by atoms with van der Waals surface area (Å²) < 4.78 is 5.23. The fraction of sp³-hybridized carbons (Fsp3) is 0.833. The predicted molar refractivity (Wildman–Crippen MR) is 60.5 cm³/mol. The van der Waals surface area contributed by atoms with Crippen LogP contribution in [0.25, 0.3) is 0 Å². The molecule has 4 nitrogen and oxygen atoms in total. The van der Waals surface area contributed by atoms with Crippen LogP contribution in [0.3, 0.4) is 0 Å². The van der Waals surface area contributed by atoms with Gasteiger partial charge in [0.15, 0.2) is 0 Å². The molecule has 0 saturated carbocycles. The van der Waals surface area contributed by atoms with Gasteiger partial charge in [0, 0.05) is 18.4 Å². The number of rotatable bonds is 5. The largest absolute Gasteiger partial charge is 0.381 e. The molecule has 2 unspecified atom stereocenters. The van der Waals surface area contributed by atoms with Crippen molar-refractivity contribution in [2.24, 2.45) is 11.8 Å². The van der Waals surface area contributed by atoms with Gasteiger partial charge in [-0.05, 0) is 19.3 Å². The van der Waals surface area contributed by atoms with Crippen molar-refractivity contribution in [2.75, 3.05) is 13.2 Å². The van der Waals surface area contributed by atoms with Crippen molar-refractivity contribution >= 4 is 5.91 Å². The quantitative estimate of drug-likeness (QED) is 0.769. The van der Waals surface area contributed by atoms with Crippen LogP contribution in [0.15, 0.2) is 0 Å². The number of hydrogen-bond acceptors (Lipinski definition) is 3. The summed E-state index contributed by atoms with van der Waals surface area (Å²) in [4.78, 5) is 11.8. The van der Waals surface area contributed by atoms with Gasteiger partial charge in [0.05, 0.1) is 12.7 Å². The van der Waals surface area contributed by atoms with Crippen LogP contribution in [0.2, 0.25) is 0 Å². The SMILES string of the molecule is CCC(CC)C(=O)NC(C#N)C1CCOC1. The van der Waals surface area contributed by atoms with Crippen molar-refractivity contribution in [3.8, 4) is 6.07 Å². The number of carbonyl (C=O) groups is 1. The van der Waals surface area contributed by atoms with E-state index in [2.05, 4.69) is 11.4 Å². The van der Waals surface area contributed by atoms with Gasteiger partial charge in [-0.3, -0.25) is 4.79 Å². The summed E-state index contributed by atoms with van der Waals surface area (Å²) in [5.74, 6) is 0.185. The molecule has 16 heavy (non-hydrogen) atoms. The van der Waals surface area contributed by atoms with Crippen LogP contribution < -0.4 is 5.32 Å². The Kier molecular flexibility index (Phi) is 5.27. The van der Waals surface area contributed by atoms with Crippen LogP contribution in [0, 0.1) is 23.2 Å². The number of carbonyl (C=O) groups excluding carboxylic acids is 1. The highest BCUT2D eigenvalue weighted by molar-refractivity contribution is 5.79. The number of amides is 1. The van der Waals surface area contributed by atoms with Crippen molar-refractivity contribution in [2.45, 2.75) is 39.2 Å². The Bertz CT molecular complexity index is 263. The lowest BCUT2D eigenvalue weighted by atomic mass is 9.97. The molecule has 0 radical (unpaired) electrons. The lowest BCUT2D eigenvalue weighted by Gasteiger charge is -2.20. The lowest BCUT2D eigenvalue weighted by molar-refractivity contribution is -0.125. The van der Waals surface area contributed by atoms with Crippen LogP contribution in [-0.2, 0) is 9.53 Å². The van der Waals surface area contributed by atoms with Gasteiger partial charge in [0.1, 0.15) is 6.04 Å². The van der Waals surface area contributed by atoms with Crippen LogP contribution in [0.1, 0.15) is 33.1 Å². The fourth-order valence-corrected chi connectivity index (χ4v) is 2.00. The molecule has 0 bridgehead atoms. The molecule has 4 heteroatoms. The summed E-state index contributed by atoms with van der Waals surface area (Å²) in [6, 6.07) is 1.77. The highest BCUT2D eigenvalue weighted by Gasteiger charge is 2.28. The molecule has 1 amide bonds. The average Bonchev–Trinajstić information content (AvgIpc) is 2.81. The van der Waals surface area contributed by atoms with Gasteiger partial charge in [0.2, 0.25) is 5.91 Å². The number of nitriles is 1. The molecular formula is C12H20N2O2. The Labute approximate surface area is 97.0 Å². The molecule has 1 fully saturated rings. The van der Waals surface area contributed by atoms with E-state index in [1.165, 1.54) is 0 Å². The molecule has 2 atom stereocenters. The van der Waals surface area contributed by atoms with Crippen LogP contribution >= 0.6 is 0 Å². The van der Waals surface area contributed by atoms with E-state index in [1.807, 2.05) is 13.8 Å². The molecule has 90 valence electrons. The Hall–Kier alpha value is -1.08. The molecule has 1 rings (SSSR count). The third-order valence-corrected chi connectivity index (χ3v) is 3.23.